The average molecular weight is 278 g/mol. The van der Waals surface area contributed by atoms with Crippen LogP contribution < -0.4 is 0 Å². The summed E-state index contributed by atoms with van der Waals surface area (Å²) < 4.78 is 20.8. The molecule has 98 valence electrons. The third-order valence-corrected chi connectivity index (χ3v) is 3.21. The van der Waals surface area contributed by atoms with E-state index in [0.717, 1.165) is 5.52 Å². The number of rotatable bonds is 3. The molecule has 19 heavy (non-hydrogen) atoms. The van der Waals surface area contributed by atoms with E-state index in [4.69, 9.17) is 16.7 Å². The van der Waals surface area contributed by atoms with Crippen LogP contribution in [0.1, 0.15) is 11.7 Å². The number of hydrogen-bond donors (Lipinski definition) is 1. The van der Waals surface area contributed by atoms with Crippen LogP contribution in [0.2, 0.25) is 0 Å². The first kappa shape index (κ1) is 12.0. The van der Waals surface area contributed by atoms with Crippen LogP contribution in [0.15, 0.2) is 22.7 Å². The number of para-hydroxylation sites is 1. The smallest absolute Gasteiger partial charge is 0.223 e. The first-order chi connectivity index (χ1) is 9.15. The summed E-state index contributed by atoms with van der Waals surface area (Å²) in [4.78, 5) is 7.00. The lowest BCUT2D eigenvalue weighted by Crippen LogP contribution is -2.02. The van der Waals surface area contributed by atoms with Gasteiger partial charge in [0.15, 0.2) is 10.6 Å². The van der Waals surface area contributed by atoms with Crippen LogP contribution in [-0.4, -0.2) is 19.7 Å². The van der Waals surface area contributed by atoms with Gasteiger partial charge < -0.3 is 14.1 Å². The van der Waals surface area contributed by atoms with Gasteiger partial charge in [0, 0.05) is 19.9 Å². The van der Waals surface area contributed by atoms with Crippen molar-refractivity contribution in [3.8, 4) is 0 Å². The van der Waals surface area contributed by atoms with E-state index in [1.165, 1.54) is 6.07 Å². The van der Waals surface area contributed by atoms with Crippen LogP contribution in [0.5, 0.6) is 0 Å². The fraction of sp³-hybridized carbons (Fsp3) is 0.250. The molecule has 0 bridgehead atoms. The van der Waals surface area contributed by atoms with Gasteiger partial charge in [-0.3, -0.25) is 0 Å². The summed E-state index contributed by atoms with van der Waals surface area (Å²) in [7, 11) is 0. The number of H-pyrrole nitrogens is 1. The number of nitrogens with one attached hydrogen (secondary N) is 1. The molecule has 2 heterocycles. The van der Waals surface area contributed by atoms with Crippen molar-refractivity contribution in [1.29, 1.82) is 0 Å². The van der Waals surface area contributed by atoms with Gasteiger partial charge in [0.25, 0.3) is 0 Å². The van der Waals surface area contributed by atoms with E-state index >= 15 is 0 Å². The maximum absolute atomic E-state index is 13.6. The van der Waals surface area contributed by atoms with Crippen molar-refractivity contribution < 1.29 is 8.91 Å². The summed E-state index contributed by atoms with van der Waals surface area (Å²) >= 11 is 5.21. The maximum atomic E-state index is 13.6. The predicted octanol–water partition coefficient (Wildman–Crippen LogP) is 2.77. The van der Waals surface area contributed by atoms with Gasteiger partial charge in [0.2, 0.25) is 5.89 Å². The molecule has 3 rings (SSSR count). The Labute approximate surface area is 113 Å². The van der Waals surface area contributed by atoms with Crippen LogP contribution in [-0.2, 0) is 13.0 Å². The molecule has 1 aromatic carbocycles. The molecule has 0 spiro atoms. The van der Waals surface area contributed by atoms with Crippen LogP contribution in [0.25, 0.3) is 11.0 Å². The molecule has 5 nitrogen and oxygen atoms in total. The van der Waals surface area contributed by atoms with Crippen molar-refractivity contribution in [2.75, 3.05) is 0 Å². The second-order valence-electron chi connectivity index (χ2n) is 4.20. The van der Waals surface area contributed by atoms with Gasteiger partial charge in [0.1, 0.15) is 11.3 Å². The van der Waals surface area contributed by atoms with E-state index < -0.39 is 0 Å². The first-order valence-electron chi connectivity index (χ1n) is 5.81. The Hall–Kier alpha value is -2.02. The lowest BCUT2D eigenvalue weighted by molar-refractivity contribution is 0.386. The summed E-state index contributed by atoms with van der Waals surface area (Å²) in [5, 5.41) is 3.82. The van der Waals surface area contributed by atoms with E-state index in [2.05, 4.69) is 15.1 Å². The fourth-order valence-electron chi connectivity index (χ4n) is 2.02. The highest BCUT2D eigenvalue weighted by molar-refractivity contribution is 7.71. The summed E-state index contributed by atoms with van der Waals surface area (Å²) in [6.07, 6.45) is 0.578. The van der Waals surface area contributed by atoms with Crippen molar-refractivity contribution in [2.24, 2.45) is 0 Å². The van der Waals surface area contributed by atoms with Gasteiger partial charge in [-0.05, 0) is 24.4 Å². The van der Waals surface area contributed by atoms with E-state index in [0.29, 0.717) is 35.0 Å². The molecule has 0 radical (unpaired) electrons. The van der Waals surface area contributed by atoms with Crippen molar-refractivity contribution >= 4 is 23.3 Å². The summed E-state index contributed by atoms with van der Waals surface area (Å²) in [6.45, 7) is 2.31. The summed E-state index contributed by atoms with van der Waals surface area (Å²) in [6, 6.07) is 4.89. The quantitative estimate of drug-likeness (QED) is 0.748. The SMILES string of the molecule is Cc1nc(CCn2c(=S)[nH]c3c(F)cccc32)no1. The second kappa shape index (κ2) is 4.58. The van der Waals surface area contributed by atoms with Crippen LogP contribution in [0, 0.1) is 17.5 Å². The van der Waals surface area contributed by atoms with Crippen molar-refractivity contribution in [1.82, 2.24) is 19.7 Å². The molecule has 0 aliphatic carbocycles. The minimum absolute atomic E-state index is 0.308. The number of benzene rings is 1. The molecule has 0 unspecified atom stereocenters. The van der Waals surface area contributed by atoms with Gasteiger partial charge in [0.05, 0.1) is 5.52 Å². The average Bonchev–Trinajstić information content (AvgIpc) is 2.92. The lowest BCUT2D eigenvalue weighted by Gasteiger charge is -2.01. The Morgan fingerprint density at radius 2 is 2.32 bits per heavy atom. The highest BCUT2D eigenvalue weighted by Crippen LogP contribution is 2.17. The molecular formula is C12H11FN4OS. The normalized spacial score (nSPS) is 11.3. The Bertz CT molecular complexity index is 788. The van der Waals surface area contributed by atoms with Crippen LogP contribution >= 0.6 is 12.2 Å². The van der Waals surface area contributed by atoms with E-state index in [-0.39, 0.29) is 5.82 Å². The van der Waals surface area contributed by atoms with Crippen molar-refractivity contribution in [3.63, 3.8) is 0 Å². The third kappa shape index (κ3) is 2.17. The zero-order valence-electron chi connectivity index (χ0n) is 10.2. The number of imidazole rings is 1. The van der Waals surface area contributed by atoms with Crippen molar-refractivity contribution in [2.45, 2.75) is 19.9 Å². The Kier molecular flexibility index (Phi) is 2.90. The predicted molar refractivity (Wildman–Crippen MR) is 69.8 cm³/mol. The van der Waals surface area contributed by atoms with Gasteiger partial charge in [-0.15, -0.1) is 0 Å². The number of aromatic nitrogens is 4. The van der Waals surface area contributed by atoms with E-state index in [1.54, 1.807) is 13.0 Å². The number of nitrogens with zero attached hydrogens (tertiary/aromatic N) is 3. The zero-order valence-corrected chi connectivity index (χ0v) is 11.0. The number of halogens is 1. The Morgan fingerprint density at radius 1 is 1.47 bits per heavy atom. The molecule has 0 atom stereocenters. The summed E-state index contributed by atoms with van der Waals surface area (Å²) in [5.74, 6) is 0.839. The highest BCUT2D eigenvalue weighted by Gasteiger charge is 2.09. The second-order valence-corrected chi connectivity index (χ2v) is 4.58. The molecule has 0 aliphatic rings. The minimum Gasteiger partial charge on any atom is -0.340 e. The number of aromatic amines is 1. The molecule has 0 saturated heterocycles. The van der Waals surface area contributed by atoms with Gasteiger partial charge in [-0.25, -0.2) is 4.39 Å². The summed E-state index contributed by atoms with van der Waals surface area (Å²) in [5.41, 5.74) is 1.17. The van der Waals surface area contributed by atoms with E-state index in [9.17, 15) is 4.39 Å². The molecular weight excluding hydrogens is 267 g/mol. The van der Waals surface area contributed by atoms with Crippen molar-refractivity contribution in [3.05, 3.63) is 40.5 Å². The fourth-order valence-corrected chi connectivity index (χ4v) is 2.31. The zero-order chi connectivity index (χ0) is 13.4. The number of fused-ring (bicyclic) bond motifs is 1. The molecule has 0 fully saturated rings. The topological polar surface area (TPSA) is 59.6 Å². The molecule has 0 saturated carbocycles. The monoisotopic (exact) mass is 278 g/mol. The molecule has 3 aromatic rings. The van der Waals surface area contributed by atoms with Crippen LogP contribution in [0.4, 0.5) is 4.39 Å². The molecule has 1 N–H and O–H groups in total. The molecule has 0 amide bonds. The largest absolute Gasteiger partial charge is 0.340 e. The number of hydrogen-bond acceptors (Lipinski definition) is 4. The van der Waals surface area contributed by atoms with E-state index in [1.807, 2.05) is 10.6 Å². The molecule has 2 aromatic heterocycles. The third-order valence-electron chi connectivity index (χ3n) is 2.89. The highest BCUT2D eigenvalue weighted by atomic mass is 32.1. The Balaban J connectivity index is 1.95. The maximum Gasteiger partial charge on any atom is 0.223 e. The van der Waals surface area contributed by atoms with Crippen LogP contribution in [0.3, 0.4) is 0 Å². The first-order valence-corrected chi connectivity index (χ1v) is 6.22. The number of aryl methyl sites for hydroxylation is 3. The Morgan fingerprint density at radius 3 is 3.05 bits per heavy atom. The standard InChI is InChI=1S/C12H11FN4OS/c1-7-14-10(16-18-7)5-6-17-9-4-2-3-8(13)11(9)15-12(17)19/h2-4H,5-6H2,1H3,(H,15,19). The molecule has 7 heteroatoms. The van der Waals surface area contributed by atoms with Gasteiger partial charge >= 0.3 is 0 Å². The lowest BCUT2D eigenvalue weighted by atomic mass is 10.3. The van der Waals surface area contributed by atoms with Gasteiger partial charge in [-0.2, -0.15) is 4.98 Å². The molecule has 0 aliphatic heterocycles. The van der Waals surface area contributed by atoms with Gasteiger partial charge in [-0.1, -0.05) is 11.2 Å². The minimum atomic E-state index is -0.308.